The fourth-order valence-electron chi connectivity index (χ4n) is 2.75. The molecule has 1 aromatic carbocycles. The van der Waals surface area contributed by atoms with Crippen LogP contribution in [0, 0.1) is 6.92 Å². The number of benzene rings is 1. The van der Waals surface area contributed by atoms with Gasteiger partial charge in [-0.3, -0.25) is 0 Å². The van der Waals surface area contributed by atoms with Crippen LogP contribution in [-0.4, -0.2) is 53.6 Å². The maximum atomic E-state index is 14.5. The van der Waals surface area contributed by atoms with Crippen molar-refractivity contribution in [3.63, 3.8) is 0 Å². The molecule has 0 bridgehead atoms. The van der Waals surface area contributed by atoms with Crippen LogP contribution in [-0.2, 0) is 5.92 Å². The van der Waals surface area contributed by atoms with Crippen LogP contribution in [0.25, 0.3) is 0 Å². The Bertz CT molecular complexity index is 1120. The molecule has 0 amide bonds. The number of halogens is 23. The van der Waals surface area contributed by atoms with Gasteiger partial charge in [0.1, 0.15) is 0 Å². The Kier molecular flexibility index (Phi) is 8.83. The summed E-state index contributed by atoms with van der Waals surface area (Å²) in [6.07, 6.45) is -8.01. The first-order chi connectivity index (χ1) is 17.1. The van der Waals surface area contributed by atoms with Crippen molar-refractivity contribution in [1.82, 2.24) is 0 Å². The van der Waals surface area contributed by atoms with Crippen LogP contribution < -0.4 is 0 Å². The van der Waals surface area contributed by atoms with Crippen molar-refractivity contribution in [3.8, 4) is 0 Å². The summed E-state index contributed by atoms with van der Waals surface area (Å²) < 4.78 is 282. The molecule has 234 valence electrons. The highest BCUT2D eigenvalue weighted by Crippen LogP contribution is 2.67. The average molecular weight is 768 g/mol. The fourth-order valence-corrected chi connectivity index (χ4v) is 3.76. The van der Waals surface area contributed by atoms with Gasteiger partial charge in [0.05, 0.1) is 0 Å². The van der Waals surface area contributed by atoms with Crippen LogP contribution in [0.4, 0.5) is 92.2 Å². The summed E-state index contributed by atoms with van der Waals surface area (Å²) in [4.78, 5) is 0. The lowest BCUT2D eigenvalue weighted by Crippen LogP contribution is -2.76. The zero-order chi connectivity index (χ0) is 32.7. The molecule has 0 radical (unpaired) electrons. The highest BCUT2D eigenvalue weighted by molar-refractivity contribution is 9.11. The molecule has 0 aliphatic heterocycles. The Hall–Kier alpha value is -1.29. The lowest BCUT2D eigenvalue weighted by molar-refractivity contribution is -0.474. The van der Waals surface area contributed by atoms with E-state index in [1.54, 1.807) is 0 Å². The summed E-state index contributed by atoms with van der Waals surface area (Å²) in [7, 11) is 0. The molecule has 0 spiro atoms. The molecule has 0 fully saturated rings. The van der Waals surface area contributed by atoms with E-state index in [4.69, 9.17) is 0 Å². The van der Waals surface area contributed by atoms with Crippen molar-refractivity contribution in [2.45, 2.75) is 66.4 Å². The number of hydrogen-bond donors (Lipinski definition) is 0. The SMILES string of the molecule is Cc1c(Br)ccc(Br)c1C(F)(F)C(F)(F)C(F)(F)C(F)(F)C(F)(F)C(F)(F)C(F)(F)C(F)(F)C(F)(F)C(F)(F)F. The first-order valence-corrected chi connectivity index (χ1v) is 10.6. The van der Waals surface area contributed by atoms with E-state index >= 15 is 0 Å². The minimum Gasteiger partial charge on any atom is -0.194 e. The van der Waals surface area contributed by atoms with Crippen LogP contribution in [0.2, 0.25) is 0 Å². The van der Waals surface area contributed by atoms with Gasteiger partial charge in [-0.25, -0.2) is 0 Å². The molecule has 0 N–H and O–H groups in total. The molecule has 0 atom stereocenters. The third-order valence-electron chi connectivity index (χ3n) is 5.17. The Morgan fingerprint density at radius 2 is 0.650 bits per heavy atom. The van der Waals surface area contributed by atoms with E-state index in [9.17, 15) is 92.2 Å². The van der Waals surface area contributed by atoms with Gasteiger partial charge in [0.25, 0.3) is 0 Å². The molecule has 40 heavy (non-hydrogen) atoms. The summed E-state index contributed by atoms with van der Waals surface area (Å²) in [6.45, 7) is 0.399. The zero-order valence-electron chi connectivity index (χ0n) is 17.8. The van der Waals surface area contributed by atoms with E-state index in [-0.39, 0.29) is 0 Å². The minimum atomic E-state index is -9.19. The molecule has 0 aliphatic rings. The first-order valence-electron chi connectivity index (χ1n) is 9.01. The molecular weight excluding hydrogens is 763 g/mol. The molecule has 1 rings (SSSR count). The number of rotatable bonds is 9. The highest BCUT2D eigenvalue weighted by Gasteiger charge is 2.98. The van der Waals surface area contributed by atoms with Crippen LogP contribution in [0.1, 0.15) is 11.1 Å². The smallest absolute Gasteiger partial charge is 0.194 e. The van der Waals surface area contributed by atoms with Crippen molar-refractivity contribution in [3.05, 3.63) is 32.2 Å². The number of hydrogen-bond acceptors (Lipinski definition) is 0. The molecule has 0 saturated carbocycles. The number of alkyl halides is 21. The van der Waals surface area contributed by atoms with Gasteiger partial charge in [-0.15, -0.1) is 0 Å². The maximum Gasteiger partial charge on any atom is 0.460 e. The summed E-state index contributed by atoms with van der Waals surface area (Å²) in [5.41, 5.74) is -3.64. The van der Waals surface area contributed by atoms with E-state index in [0.29, 0.717) is 13.0 Å². The Labute approximate surface area is 223 Å². The summed E-state index contributed by atoms with van der Waals surface area (Å²) >= 11 is 4.51. The van der Waals surface area contributed by atoms with E-state index in [1.807, 2.05) is 0 Å². The zero-order valence-corrected chi connectivity index (χ0v) is 21.0. The van der Waals surface area contributed by atoms with Crippen molar-refractivity contribution in [1.29, 1.82) is 0 Å². The van der Waals surface area contributed by atoms with Crippen molar-refractivity contribution < 1.29 is 92.2 Å². The van der Waals surface area contributed by atoms with E-state index in [1.165, 1.54) is 0 Å². The van der Waals surface area contributed by atoms with Gasteiger partial charge in [-0.05, 0) is 24.6 Å². The average Bonchev–Trinajstić information content (AvgIpc) is 2.74. The van der Waals surface area contributed by atoms with Gasteiger partial charge in [0.15, 0.2) is 0 Å². The lowest BCUT2D eigenvalue weighted by Gasteiger charge is -2.44. The van der Waals surface area contributed by atoms with Crippen LogP contribution in [0.15, 0.2) is 21.1 Å². The van der Waals surface area contributed by atoms with Gasteiger partial charge < -0.3 is 0 Å². The largest absolute Gasteiger partial charge is 0.460 e. The Morgan fingerprint density at radius 3 is 0.950 bits per heavy atom. The van der Waals surface area contributed by atoms with Crippen LogP contribution in [0.3, 0.4) is 0 Å². The molecule has 0 heterocycles. The van der Waals surface area contributed by atoms with E-state index in [0.717, 1.165) is 6.07 Å². The third kappa shape index (κ3) is 4.44. The van der Waals surface area contributed by atoms with Gasteiger partial charge in [-0.1, -0.05) is 31.9 Å². The first kappa shape index (κ1) is 36.7. The predicted octanol–water partition coefficient (Wildman–Crippen LogP) is 10.3. The van der Waals surface area contributed by atoms with Gasteiger partial charge in [-0.2, -0.15) is 92.2 Å². The van der Waals surface area contributed by atoms with Crippen LogP contribution >= 0.6 is 31.9 Å². The summed E-state index contributed by atoms with van der Waals surface area (Å²) in [5.74, 6) is -77.3. The monoisotopic (exact) mass is 766 g/mol. The normalized spacial score (nSPS) is 16.0. The second-order valence-electron chi connectivity index (χ2n) is 7.70. The van der Waals surface area contributed by atoms with E-state index < -0.39 is 79.6 Å². The van der Waals surface area contributed by atoms with Gasteiger partial charge >= 0.3 is 59.5 Å². The lowest BCUT2D eigenvalue weighted by atomic mass is 9.84. The van der Waals surface area contributed by atoms with Crippen molar-refractivity contribution in [2.24, 2.45) is 0 Å². The second kappa shape index (κ2) is 9.61. The van der Waals surface area contributed by atoms with Gasteiger partial charge in [0, 0.05) is 14.5 Å². The Morgan fingerprint density at radius 1 is 0.400 bits per heavy atom. The van der Waals surface area contributed by atoms with E-state index in [2.05, 4.69) is 31.9 Å². The molecule has 0 aliphatic carbocycles. The van der Waals surface area contributed by atoms with Gasteiger partial charge in [0.2, 0.25) is 0 Å². The topological polar surface area (TPSA) is 0 Å². The molecule has 0 nitrogen and oxygen atoms in total. The third-order valence-corrected chi connectivity index (χ3v) is 6.69. The minimum absolute atomic E-state index is 0.346. The summed E-state index contributed by atoms with van der Waals surface area (Å²) in [5, 5.41) is 0. The quantitative estimate of drug-likeness (QED) is 0.220. The maximum absolute atomic E-state index is 14.5. The van der Waals surface area contributed by atoms with Crippen LogP contribution in [0.5, 0.6) is 0 Å². The van der Waals surface area contributed by atoms with Crippen molar-refractivity contribution in [2.75, 3.05) is 0 Å². The standard InChI is InChI=1S/C17H5Br2F21/c1-4-5(18)2-3-6(19)7(4)8(20,21)9(22,23)10(24,25)11(26,27)12(28,29)13(30,31)14(32,33)15(34,35)16(36,37)17(38,39)40/h2-3H,1H3. The molecule has 23 heteroatoms. The molecule has 0 unspecified atom stereocenters. The fraction of sp³-hybridized carbons (Fsp3) is 0.647. The molecule has 1 aromatic rings. The van der Waals surface area contributed by atoms with Crippen molar-refractivity contribution >= 4 is 31.9 Å². The molecule has 0 saturated heterocycles. The summed E-state index contributed by atoms with van der Waals surface area (Å²) in [6, 6.07) is 1.08. The second-order valence-corrected chi connectivity index (χ2v) is 9.41. The molecule has 0 aromatic heterocycles. The predicted molar refractivity (Wildman–Crippen MR) is 96.1 cm³/mol. The Balaban J connectivity index is 3.93. The molecular formula is C17H5Br2F21. The highest BCUT2D eigenvalue weighted by atomic mass is 79.9.